The number of ether oxygens (including phenoxy) is 2. The van der Waals surface area contributed by atoms with Crippen LogP contribution in [-0.4, -0.2) is 86.8 Å². The normalized spacial score (nSPS) is 56.9. The van der Waals surface area contributed by atoms with Crippen LogP contribution >= 0.6 is 0 Å². The van der Waals surface area contributed by atoms with E-state index in [0.29, 0.717) is 18.3 Å². The Hall–Kier alpha value is -0.580. The van der Waals surface area contributed by atoms with Gasteiger partial charge in [0.05, 0.1) is 25.4 Å². The molecule has 252 valence electrons. The van der Waals surface area contributed by atoms with Crippen molar-refractivity contribution in [2.75, 3.05) is 13.2 Å². The van der Waals surface area contributed by atoms with Crippen LogP contribution in [-0.2, 0) is 9.47 Å². The second-order valence-corrected chi connectivity index (χ2v) is 18.0. The van der Waals surface area contributed by atoms with Crippen molar-refractivity contribution in [2.45, 2.75) is 149 Å². The van der Waals surface area contributed by atoms with E-state index in [-0.39, 0.29) is 45.7 Å². The summed E-state index contributed by atoms with van der Waals surface area (Å²) >= 11 is 0. The van der Waals surface area contributed by atoms with Crippen LogP contribution < -0.4 is 0 Å². The predicted molar refractivity (Wildman–Crippen MR) is 166 cm³/mol. The molecule has 0 aromatic carbocycles. The number of fused-ring (bicyclic) bond motifs is 7. The molecule has 0 unspecified atom stereocenters. The Bertz CT molecular complexity index is 1140. The highest BCUT2D eigenvalue weighted by Gasteiger charge is 2.69. The molecule has 6 aliphatic rings. The van der Waals surface area contributed by atoms with E-state index in [9.17, 15) is 30.6 Å². The van der Waals surface area contributed by atoms with Crippen LogP contribution in [0.25, 0.3) is 0 Å². The summed E-state index contributed by atoms with van der Waals surface area (Å²) < 4.78 is 12.2. The minimum atomic E-state index is -1.49. The summed E-state index contributed by atoms with van der Waals surface area (Å²) in [6, 6.07) is 0. The zero-order chi connectivity index (χ0) is 32.3. The van der Waals surface area contributed by atoms with Crippen molar-refractivity contribution in [2.24, 2.45) is 50.2 Å². The molecular formula is C36H60O8. The standard InChI is InChI=1S/C36H60O8/c1-31(2)16-21-20-8-9-24-33(4)12-11-26(44-30-29(42)28(41)27(40)22(18-37)43-30)34(5,19-38)23(33)10-13-36(24,7)35(20,6)15-14-32(21,3)25(39)17-31/h8,21-30,37-42H,9-19H2,1-7H3/t21-,22+,23+,24+,25+,26-,27+,28-,29+,30-,32+,33-,34+,35+,36+/m0/s1. The van der Waals surface area contributed by atoms with E-state index in [1.807, 2.05) is 0 Å². The Morgan fingerprint density at radius 3 is 2.16 bits per heavy atom. The van der Waals surface area contributed by atoms with E-state index in [1.54, 1.807) is 5.57 Å². The maximum absolute atomic E-state index is 11.4. The summed E-state index contributed by atoms with van der Waals surface area (Å²) in [7, 11) is 0. The molecule has 8 heteroatoms. The van der Waals surface area contributed by atoms with Gasteiger partial charge in [-0.25, -0.2) is 0 Å². The van der Waals surface area contributed by atoms with E-state index < -0.39 is 48.8 Å². The van der Waals surface area contributed by atoms with Crippen LogP contribution in [0.2, 0.25) is 0 Å². The lowest BCUT2D eigenvalue weighted by Crippen LogP contribution is -2.67. The first-order valence-corrected chi connectivity index (χ1v) is 17.4. The highest BCUT2D eigenvalue weighted by molar-refractivity contribution is 5.34. The number of aliphatic hydroxyl groups is 6. The summed E-state index contributed by atoms with van der Waals surface area (Å²) in [6.07, 6.45) is 4.06. The number of rotatable bonds is 4. The molecular weight excluding hydrogens is 560 g/mol. The Balaban J connectivity index is 1.30. The Labute approximate surface area is 264 Å². The highest BCUT2D eigenvalue weighted by Crippen LogP contribution is 2.75. The van der Waals surface area contributed by atoms with Gasteiger partial charge >= 0.3 is 0 Å². The molecule has 1 aliphatic heterocycles. The van der Waals surface area contributed by atoms with Gasteiger partial charge in [-0.15, -0.1) is 0 Å². The van der Waals surface area contributed by atoms with Crippen molar-refractivity contribution >= 4 is 0 Å². The van der Waals surface area contributed by atoms with Gasteiger partial charge in [-0.3, -0.25) is 0 Å². The molecule has 15 atom stereocenters. The van der Waals surface area contributed by atoms with E-state index in [4.69, 9.17) is 9.47 Å². The first-order chi connectivity index (χ1) is 20.4. The third kappa shape index (κ3) is 4.44. The fourth-order valence-electron chi connectivity index (χ4n) is 12.3. The van der Waals surface area contributed by atoms with E-state index in [1.165, 1.54) is 0 Å². The number of allylic oxidation sites excluding steroid dienone is 2. The highest BCUT2D eigenvalue weighted by atomic mass is 16.7. The second-order valence-electron chi connectivity index (χ2n) is 18.0. The van der Waals surface area contributed by atoms with Gasteiger partial charge in [-0.1, -0.05) is 60.1 Å². The Kier molecular flexibility index (Phi) is 8.11. The summed E-state index contributed by atoms with van der Waals surface area (Å²) in [5.41, 5.74) is 1.17. The zero-order valence-electron chi connectivity index (χ0n) is 28.1. The topological polar surface area (TPSA) is 140 Å². The number of hydrogen-bond acceptors (Lipinski definition) is 8. The molecule has 5 aliphatic carbocycles. The van der Waals surface area contributed by atoms with Crippen LogP contribution in [0.4, 0.5) is 0 Å². The van der Waals surface area contributed by atoms with Crippen molar-refractivity contribution in [1.29, 1.82) is 0 Å². The molecule has 0 radical (unpaired) electrons. The monoisotopic (exact) mass is 620 g/mol. The van der Waals surface area contributed by atoms with Crippen LogP contribution in [0.15, 0.2) is 11.6 Å². The van der Waals surface area contributed by atoms with Gasteiger partial charge < -0.3 is 40.1 Å². The molecule has 6 N–H and O–H groups in total. The zero-order valence-corrected chi connectivity index (χ0v) is 28.1. The molecule has 44 heavy (non-hydrogen) atoms. The van der Waals surface area contributed by atoms with E-state index >= 15 is 0 Å². The molecule has 5 fully saturated rings. The van der Waals surface area contributed by atoms with E-state index in [0.717, 1.165) is 51.4 Å². The van der Waals surface area contributed by atoms with Crippen molar-refractivity contribution < 1.29 is 40.1 Å². The van der Waals surface area contributed by atoms with Crippen molar-refractivity contribution in [3.63, 3.8) is 0 Å². The van der Waals surface area contributed by atoms with Crippen molar-refractivity contribution in [1.82, 2.24) is 0 Å². The van der Waals surface area contributed by atoms with Crippen LogP contribution in [0, 0.1) is 50.2 Å². The molecule has 0 spiro atoms. The smallest absolute Gasteiger partial charge is 0.186 e. The van der Waals surface area contributed by atoms with E-state index in [2.05, 4.69) is 54.5 Å². The molecule has 8 nitrogen and oxygen atoms in total. The van der Waals surface area contributed by atoms with Gasteiger partial charge in [-0.2, -0.15) is 0 Å². The predicted octanol–water partition coefficient (Wildman–Crippen LogP) is 3.94. The average molecular weight is 621 g/mol. The van der Waals surface area contributed by atoms with Crippen LogP contribution in [0.5, 0.6) is 0 Å². The third-order valence-electron chi connectivity index (χ3n) is 15.3. The molecule has 4 saturated carbocycles. The molecule has 0 amide bonds. The van der Waals surface area contributed by atoms with Gasteiger partial charge in [0, 0.05) is 10.8 Å². The molecule has 0 aromatic rings. The maximum Gasteiger partial charge on any atom is 0.186 e. The summed E-state index contributed by atoms with van der Waals surface area (Å²) in [5.74, 6) is 1.02. The summed E-state index contributed by atoms with van der Waals surface area (Å²) in [4.78, 5) is 0. The SMILES string of the molecule is CC1(C)C[C@@H](O)[C@]2(C)CC[C@]3(C)C(=CC[C@@H]4[C@@]5(C)CC[C@H](O[C@@H]6O[C@H](CO)[C@@H](O)[C@H](O)[C@H]6O)[C@](C)(CO)[C@@H]5CC[C@]43C)[C@@H]2C1. The summed E-state index contributed by atoms with van der Waals surface area (Å²) in [5, 5.41) is 63.5. The average Bonchev–Trinajstić information content (AvgIpc) is 2.96. The van der Waals surface area contributed by atoms with Crippen LogP contribution in [0.1, 0.15) is 106 Å². The van der Waals surface area contributed by atoms with Gasteiger partial charge in [0.1, 0.15) is 24.4 Å². The first kappa shape index (κ1) is 33.3. The lowest BCUT2D eigenvalue weighted by atomic mass is 9.33. The van der Waals surface area contributed by atoms with Gasteiger partial charge in [0.2, 0.25) is 0 Å². The first-order valence-electron chi connectivity index (χ1n) is 17.4. The molecule has 0 aromatic heterocycles. The lowest BCUT2D eigenvalue weighted by molar-refractivity contribution is -0.333. The van der Waals surface area contributed by atoms with Gasteiger partial charge in [0.25, 0.3) is 0 Å². The molecule has 0 bridgehead atoms. The largest absolute Gasteiger partial charge is 0.396 e. The lowest BCUT2D eigenvalue weighted by Gasteiger charge is -2.72. The third-order valence-corrected chi connectivity index (χ3v) is 15.3. The van der Waals surface area contributed by atoms with Crippen LogP contribution in [0.3, 0.4) is 0 Å². The molecule has 1 saturated heterocycles. The molecule has 1 heterocycles. The quantitative estimate of drug-likeness (QED) is 0.205. The van der Waals surface area contributed by atoms with Gasteiger partial charge in [0.15, 0.2) is 6.29 Å². The van der Waals surface area contributed by atoms with Gasteiger partial charge in [-0.05, 0) is 97.2 Å². The fourth-order valence-corrected chi connectivity index (χ4v) is 12.3. The number of aliphatic hydroxyl groups excluding tert-OH is 6. The van der Waals surface area contributed by atoms with Crippen molar-refractivity contribution in [3.05, 3.63) is 11.6 Å². The summed E-state index contributed by atoms with van der Waals surface area (Å²) in [6.45, 7) is 16.0. The fraction of sp³-hybridized carbons (Fsp3) is 0.944. The minimum Gasteiger partial charge on any atom is -0.396 e. The second kappa shape index (κ2) is 10.7. The maximum atomic E-state index is 11.4. The Morgan fingerprint density at radius 2 is 1.50 bits per heavy atom. The number of hydrogen-bond donors (Lipinski definition) is 6. The van der Waals surface area contributed by atoms with Crippen molar-refractivity contribution in [3.8, 4) is 0 Å². The Morgan fingerprint density at radius 1 is 0.795 bits per heavy atom. The minimum absolute atomic E-state index is 0.0309. The molecule has 6 rings (SSSR count).